The van der Waals surface area contributed by atoms with E-state index in [0.717, 1.165) is 24.8 Å². The van der Waals surface area contributed by atoms with Gasteiger partial charge in [0.05, 0.1) is 12.8 Å². The first-order chi connectivity index (χ1) is 10.2. The summed E-state index contributed by atoms with van der Waals surface area (Å²) in [5, 5.41) is 6.70. The molecular formula is C15H17N3O3. The molecule has 21 heavy (non-hydrogen) atoms. The number of hydrogen-bond acceptors (Lipinski definition) is 5. The van der Waals surface area contributed by atoms with Crippen LogP contribution in [0.15, 0.2) is 22.7 Å². The lowest BCUT2D eigenvalue weighted by molar-refractivity contribution is -0.122. The van der Waals surface area contributed by atoms with Crippen LogP contribution >= 0.6 is 0 Å². The van der Waals surface area contributed by atoms with Crippen molar-refractivity contribution in [1.82, 2.24) is 10.1 Å². The lowest BCUT2D eigenvalue weighted by Gasteiger charge is -2.24. The van der Waals surface area contributed by atoms with Gasteiger partial charge >= 0.3 is 0 Å². The third kappa shape index (κ3) is 2.74. The number of aryl methyl sites for hydroxylation is 1. The number of aromatic nitrogens is 2. The summed E-state index contributed by atoms with van der Waals surface area (Å²) in [5.41, 5.74) is 1.38. The molecule has 1 aliphatic rings. The lowest BCUT2D eigenvalue weighted by atomic mass is 9.85. The first kappa shape index (κ1) is 13.6. The minimum atomic E-state index is 0.0402. The molecule has 2 aromatic rings. The monoisotopic (exact) mass is 287 g/mol. The fourth-order valence-corrected chi connectivity index (χ4v) is 2.26. The van der Waals surface area contributed by atoms with E-state index in [4.69, 9.17) is 9.26 Å². The Kier molecular flexibility index (Phi) is 3.60. The Morgan fingerprint density at radius 1 is 1.43 bits per heavy atom. The number of carbonyl (C=O) groups is 1. The van der Waals surface area contributed by atoms with E-state index in [9.17, 15) is 4.79 Å². The Hall–Kier alpha value is -2.37. The lowest BCUT2D eigenvalue weighted by Crippen LogP contribution is -2.28. The first-order valence-corrected chi connectivity index (χ1v) is 6.97. The second kappa shape index (κ2) is 5.55. The molecule has 6 nitrogen and oxygen atoms in total. The number of benzene rings is 1. The van der Waals surface area contributed by atoms with Gasteiger partial charge in [-0.2, -0.15) is 4.98 Å². The fourth-order valence-electron chi connectivity index (χ4n) is 2.26. The van der Waals surface area contributed by atoms with Gasteiger partial charge in [-0.05, 0) is 38.0 Å². The average molecular weight is 287 g/mol. The van der Waals surface area contributed by atoms with E-state index < -0.39 is 0 Å². The summed E-state index contributed by atoms with van der Waals surface area (Å²) in [7, 11) is 1.57. The van der Waals surface area contributed by atoms with E-state index in [1.807, 2.05) is 6.07 Å². The second-order valence-corrected chi connectivity index (χ2v) is 5.18. The first-order valence-electron chi connectivity index (χ1n) is 6.97. The van der Waals surface area contributed by atoms with E-state index in [-0.39, 0.29) is 11.8 Å². The van der Waals surface area contributed by atoms with Crippen molar-refractivity contribution in [3.63, 3.8) is 0 Å². The number of anilines is 1. The van der Waals surface area contributed by atoms with E-state index in [0.29, 0.717) is 23.2 Å². The molecule has 1 aliphatic carbocycles. The van der Waals surface area contributed by atoms with Crippen molar-refractivity contribution in [1.29, 1.82) is 0 Å². The van der Waals surface area contributed by atoms with E-state index >= 15 is 0 Å². The van der Waals surface area contributed by atoms with Crippen LogP contribution in [0.2, 0.25) is 0 Å². The molecule has 1 amide bonds. The number of hydrogen-bond donors (Lipinski definition) is 1. The van der Waals surface area contributed by atoms with E-state index in [1.165, 1.54) is 0 Å². The van der Waals surface area contributed by atoms with Gasteiger partial charge in [0.1, 0.15) is 5.75 Å². The normalized spacial score (nSPS) is 14.6. The summed E-state index contributed by atoms with van der Waals surface area (Å²) in [6.07, 6.45) is 3.03. The third-order valence-electron chi connectivity index (χ3n) is 3.71. The topological polar surface area (TPSA) is 77.2 Å². The van der Waals surface area contributed by atoms with E-state index in [2.05, 4.69) is 15.5 Å². The van der Waals surface area contributed by atoms with Crippen molar-refractivity contribution in [2.45, 2.75) is 26.2 Å². The molecule has 1 saturated carbocycles. The highest BCUT2D eigenvalue weighted by molar-refractivity contribution is 5.95. The molecule has 0 bridgehead atoms. The van der Waals surface area contributed by atoms with Gasteiger partial charge in [0.2, 0.25) is 5.91 Å². The summed E-state index contributed by atoms with van der Waals surface area (Å²) in [6.45, 7) is 1.76. The van der Waals surface area contributed by atoms with Crippen molar-refractivity contribution in [3.8, 4) is 17.2 Å². The summed E-state index contributed by atoms with van der Waals surface area (Å²) in [6, 6.07) is 5.40. The number of nitrogens with one attached hydrogen (secondary N) is 1. The van der Waals surface area contributed by atoms with Crippen molar-refractivity contribution in [2.24, 2.45) is 5.92 Å². The van der Waals surface area contributed by atoms with E-state index in [1.54, 1.807) is 26.2 Å². The SMILES string of the molecule is COc1ccc(-c2nc(C)no2)cc1NC(=O)C1CCC1. The van der Waals surface area contributed by atoms with Gasteiger partial charge in [-0.1, -0.05) is 11.6 Å². The zero-order chi connectivity index (χ0) is 14.8. The largest absolute Gasteiger partial charge is 0.495 e. The number of ether oxygens (including phenoxy) is 1. The Labute approximate surface area is 122 Å². The third-order valence-corrected chi connectivity index (χ3v) is 3.71. The molecule has 1 aromatic heterocycles. The van der Waals surface area contributed by atoms with Crippen molar-refractivity contribution in [2.75, 3.05) is 12.4 Å². The number of nitrogens with zero attached hydrogens (tertiary/aromatic N) is 2. The molecule has 0 saturated heterocycles. The number of amides is 1. The maximum absolute atomic E-state index is 12.1. The Balaban J connectivity index is 1.87. The van der Waals surface area contributed by atoms with Gasteiger partial charge < -0.3 is 14.6 Å². The molecule has 3 rings (SSSR count). The Bertz CT molecular complexity index is 662. The zero-order valence-electron chi connectivity index (χ0n) is 12.0. The van der Waals surface area contributed by atoms with Crippen LogP contribution < -0.4 is 10.1 Å². The van der Waals surface area contributed by atoms with Gasteiger partial charge in [0.25, 0.3) is 5.89 Å². The minimum absolute atomic E-state index is 0.0402. The van der Waals surface area contributed by atoms with Gasteiger partial charge in [-0.25, -0.2) is 0 Å². The molecule has 0 unspecified atom stereocenters. The maximum atomic E-state index is 12.1. The van der Waals surface area contributed by atoms with Crippen LogP contribution in [0.3, 0.4) is 0 Å². The highest BCUT2D eigenvalue weighted by Gasteiger charge is 2.26. The van der Waals surface area contributed by atoms with Crippen LogP contribution in [0, 0.1) is 12.8 Å². The molecule has 0 atom stereocenters. The molecule has 0 aliphatic heterocycles. The molecule has 1 aromatic carbocycles. The quantitative estimate of drug-likeness (QED) is 0.935. The predicted molar refractivity (Wildman–Crippen MR) is 77.0 cm³/mol. The molecule has 6 heteroatoms. The van der Waals surface area contributed by atoms with Gasteiger partial charge in [0, 0.05) is 11.5 Å². The highest BCUT2D eigenvalue weighted by Crippen LogP contribution is 2.32. The molecular weight excluding hydrogens is 270 g/mol. The van der Waals surface area contributed by atoms with Gasteiger partial charge in [-0.15, -0.1) is 0 Å². The number of methoxy groups -OCH3 is 1. The summed E-state index contributed by atoms with van der Waals surface area (Å²) in [4.78, 5) is 16.3. The number of carbonyl (C=O) groups excluding carboxylic acids is 1. The zero-order valence-corrected chi connectivity index (χ0v) is 12.0. The van der Waals surface area contributed by atoms with Gasteiger partial charge in [0.15, 0.2) is 5.82 Å². The molecule has 1 heterocycles. The molecule has 1 fully saturated rings. The standard InChI is InChI=1S/C15H17N3O3/c1-9-16-15(21-18-9)11-6-7-13(20-2)12(8-11)17-14(19)10-4-3-5-10/h6-8,10H,3-5H2,1-2H3,(H,17,19). The fraction of sp³-hybridized carbons (Fsp3) is 0.400. The van der Waals surface area contributed by atoms with Crippen LogP contribution in [0.4, 0.5) is 5.69 Å². The van der Waals surface area contributed by atoms with Crippen LogP contribution in [-0.4, -0.2) is 23.2 Å². The van der Waals surface area contributed by atoms with Crippen molar-refractivity contribution < 1.29 is 14.1 Å². The number of rotatable bonds is 4. The molecule has 0 radical (unpaired) electrons. The maximum Gasteiger partial charge on any atom is 0.257 e. The minimum Gasteiger partial charge on any atom is -0.495 e. The summed E-state index contributed by atoms with van der Waals surface area (Å²) in [5.74, 6) is 1.76. The van der Waals surface area contributed by atoms with Gasteiger partial charge in [-0.3, -0.25) is 4.79 Å². The Morgan fingerprint density at radius 2 is 2.24 bits per heavy atom. The molecule has 1 N–H and O–H groups in total. The molecule has 0 spiro atoms. The highest BCUT2D eigenvalue weighted by atomic mass is 16.5. The van der Waals surface area contributed by atoms with Crippen LogP contribution in [-0.2, 0) is 4.79 Å². The van der Waals surface area contributed by atoms with Crippen LogP contribution in [0.1, 0.15) is 25.1 Å². The predicted octanol–water partition coefficient (Wildman–Crippen LogP) is 2.79. The van der Waals surface area contributed by atoms with Crippen molar-refractivity contribution >= 4 is 11.6 Å². The second-order valence-electron chi connectivity index (χ2n) is 5.18. The average Bonchev–Trinajstić information content (AvgIpc) is 2.83. The summed E-state index contributed by atoms with van der Waals surface area (Å²) >= 11 is 0. The Morgan fingerprint density at radius 3 is 2.81 bits per heavy atom. The van der Waals surface area contributed by atoms with Crippen molar-refractivity contribution in [3.05, 3.63) is 24.0 Å². The smallest absolute Gasteiger partial charge is 0.257 e. The van der Waals surface area contributed by atoms with Crippen LogP contribution in [0.25, 0.3) is 11.5 Å². The van der Waals surface area contributed by atoms with Crippen LogP contribution in [0.5, 0.6) is 5.75 Å². The molecule has 110 valence electrons. The summed E-state index contributed by atoms with van der Waals surface area (Å²) < 4.78 is 10.4.